The second kappa shape index (κ2) is 13.9. The maximum absolute atomic E-state index is 14.4. The third kappa shape index (κ3) is 7.66. The van der Waals surface area contributed by atoms with Crippen LogP contribution in [0.3, 0.4) is 0 Å². The zero-order valence-corrected chi connectivity index (χ0v) is 27.6. The van der Waals surface area contributed by atoms with Crippen LogP contribution in [0, 0.1) is 5.82 Å². The number of amides is 4. The predicted octanol–water partition coefficient (Wildman–Crippen LogP) is 5.75. The minimum absolute atomic E-state index is 0.0164. The first-order chi connectivity index (χ1) is 21.3. The van der Waals surface area contributed by atoms with Crippen LogP contribution in [0.2, 0.25) is 5.02 Å². The van der Waals surface area contributed by atoms with E-state index in [0.717, 1.165) is 99.1 Å². The molecule has 1 aromatic heterocycles. The fourth-order valence-electron chi connectivity index (χ4n) is 6.50. The van der Waals surface area contributed by atoms with Crippen molar-refractivity contribution in [3.8, 4) is 0 Å². The Morgan fingerprint density at radius 2 is 1.84 bits per heavy atom. The molecule has 12 heteroatoms. The van der Waals surface area contributed by atoms with E-state index in [1.165, 1.54) is 4.90 Å². The Kier molecular flexibility index (Phi) is 9.95. The van der Waals surface area contributed by atoms with Crippen molar-refractivity contribution in [1.82, 2.24) is 30.3 Å². The number of rotatable bonds is 9. The highest BCUT2D eigenvalue weighted by Gasteiger charge is 2.39. The van der Waals surface area contributed by atoms with E-state index in [2.05, 4.69) is 48.2 Å². The molecule has 3 heterocycles. The summed E-state index contributed by atoms with van der Waals surface area (Å²) in [4.78, 5) is 38.8. The fraction of sp³-hybridized carbons (Fsp3) is 0.594. The maximum Gasteiger partial charge on any atom is 0.326 e. The summed E-state index contributed by atoms with van der Waals surface area (Å²) in [5.74, 6) is 0.622. The minimum Gasteiger partial charge on any atom is -0.353 e. The smallest absolute Gasteiger partial charge is 0.326 e. The number of halogens is 3. The number of anilines is 1. The Morgan fingerprint density at radius 1 is 1.07 bits per heavy atom. The second-order valence-electron chi connectivity index (χ2n) is 12.6. The number of piperidine rings is 1. The molecule has 6 rings (SSSR count). The monoisotopic (exact) mass is 689 g/mol. The molecule has 9 nitrogen and oxygen atoms in total. The summed E-state index contributed by atoms with van der Waals surface area (Å²) in [6.07, 6.45) is 8.63. The molecule has 1 aromatic carbocycles. The molecule has 0 unspecified atom stereocenters. The van der Waals surface area contributed by atoms with Crippen molar-refractivity contribution in [3.05, 3.63) is 56.9 Å². The third-order valence-corrected chi connectivity index (χ3v) is 10.1. The molecule has 4 aliphatic rings. The highest BCUT2D eigenvalue weighted by molar-refractivity contribution is 9.10. The summed E-state index contributed by atoms with van der Waals surface area (Å²) in [7, 11) is 0. The molecule has 0 bridgehead atoms. The lowest BCUT2D eigenvalue weighted by atomic mass is 9.97. The Balaban J connectivity index is 0.997. The van der Waals surface area contributed by atoms with E-state index >= 15 is 0 Å². The van der Waals surface area contributed by atoms with Crippen molar-refractivity contribution in [1.29, 1.82) is 0 Å². The highest BCUT2D eigenvalue weighted by atomic mass is 79.9. The Hall–Kier alpha value is -2.47. The Labute approximate surface area is 272 Å². The van der Waals surface area contributed by atoms with Crippen LogP contribution in [0.1, 0.15) is 63.0 Å². The normalized spacial score (nSPS) is 21.7. The van der Waals surface area contributed by atoms with Crippen LogP contribution in [0.5, 0.6) is 0 Å². The highest BCUT2D eigenvalue weighted by Crippen LogP contribution is 2.31. The van der Waals surface area contributed by atoms with Crippen LogP contribution in [-0.2, 0) is 13.1 Å². The van der Waals surface area contributed by atoms with Crippen LogP contribution >= 0.6 is 27.5 Å². The van der Waals surface area contributed by atoms with Crippen LogP contribution in [0.15, 0.2) is 34.9 Å². The van der Waals surface area contributed by atoms with E-state index < -0.39 is 0 Å². The number of urea groups is 2. The number of benzene rings is 1. The van der Waals surface area contributed by atoms with Crippen molar-refractivity contribution < 1.29 is 14.0 Å². The molecule has 2 aliphatic heterocycles. The van der Waals surface area contributed by atoms with E-state index in [-0.39, 0.29) is 36.5 Å². The summed E-state index contributed by atoms with van der Waals surface area (Å²) in [5.41, 5.74) is 1.55. The van der Waals surface area contributed by atoms with Crippen molar-refractivity contribution in [3.63, 3.8) is 0 Å². The third-order valence-electron chi connectivity index (χ3n) is 9.31. The van der Waals surface area contributed by atoms with Gasteiger partial charge in [-0.3, -0.25) is 9.80 Å². The number of likely N-dealkylation sites (tertiary alicyclic amines) is 1. The molecule has 2 N–H and O–H groups in total. The van der Waals surface area contributed by atoms with E-state index in [4.69, 9.17) is 16.6 Å². The van der Waals surface area contributed by atoms with Gasteiger partial charge in [0.15, 0.2) is 0 Å². The van der Waals surface area contributed by atoms with Crippen LogP contribution in [-0.4, -0.2) is 88.6 Å². The van der Waals surface area contributed by atoms with Gasteiger partial charge in [0.25, 0.3) is 0 Å². The number of hydrogen-bond acceptors (Lipinski definition) is 6. The first-order valence-corrected chi connectivity index (χ1v) is 17.1. The van der Waals surface area contributed by atoms with Gasteiger partial charge in [-0.2, -0.15) is 0 Å². The molecular weight excluding hydrogens is 649 g/mol. The molecule has 44 heavy (non-hydrogen) atoms. The van der Waals surface area contributed by atoms with E-state index in [1.54, 1.807) is 12.3 Å². The van der Waals surface area contributed by atoms with Crippen LogP contribution in [0.25, 0.3) is 0 Å². The number of pyridine rings is 1. The van der Waals surface area contributed by atoms with E-state index in [0.29, 0.717) is 23.7 Å². The number of hydrogen-bond donors (Lipinski definition) is 2. The van der Waals surface area contributed by atoms with Gasteiger partial charge >= 0.3 is 12.1 Å². The summed E-state index contributed by atoms with van der Waals surface area (Å²) < 4.78 is 15.1. The lowest BCUT2D eigenvalue weighted by Crippen LogP contribution is -2.58. The van der Waals surface area contributed by atoms with Gasteiger partial charge in [0.2, 0.25) is 0 Å². The van der Waals surface area contributed by atoms with Gasteiger partial charge in [-0.05, 0) is 81.8 Å². The minimum atomic E-state index is -0.376. The number of carbonyl (C=O) groups is 2. The van der Waals surface area contributed by atoms with Gasteiger partial charge < -0.3 is 15.5 Å². The Bertz CT molecular complexity index is 1350. The molecule has 4 fully saturated rings. The first-order valence-electron chi connectivity index (χ1n) is 16.0. The fourth-order valence-corrected chi connectivity index (χ4v) is 7.14. The molecule has 238 valence electrons. The van der Waals surface area contributed by atoms with E-state index in [9.17, 15) is 14.0 Å². The molecule has 2 saturated carbocycles. The van der Waals surface area contributed by atoms with Crippen LogP contribution < -0.4 is 15.5 Å². The predicted molar refractivity (Wildman–Crippen MR) is 173 cm³/mol. The molecule has 4 amide bonds. The van der Waals surface area contributed by atoms with Crippen molar-refractivity contribution >= 4 is 45.4 Å². The number of piperazine rings is 1. The largest absolute Gasteiger partial charge is 0.353 e. The topological polar surface area (TPSA) is 84.0 Å². The van der Waals surface area contributed by atoms with Gasteiger partial charge in [-0.15, -0.1) is 0 Å². The molecule has 1 atom stereocenters. The van der Waals surface area contributed by atoms with Gasteiger partial charge in [0, 0.05) is 73.1 Å². The Morgan fingerprint density at radius 3 is 2.50 bits per heavy atom. The summed E-state index contributed by atoms with van der Waals surface area (Å²) >= 11 is 10.1. The molecule has 2 saturated heterocycles. The lowest BCUT2D eigenvalue weighted by molar-refractivity contribution is 0.0607. The number of carbonyl (C=O) groups excluding carboxylic acids is 2. The van der Waals surface area contributed by atoms with Crippen molar-refractivity contribution in [2.75, 3.05) is 37.6 Å². The standard InChI is InChI=1S/C32H42BrClFN7O2/c1-2-25-20-40(13-14-41(25)26-9-11-39(12-10-26)19-22-3-4-23(33)16-29(22)35)30-28(34)15-21(17-36-30)18-37-31(43)42(27-7-8-27)32(44)38-24-5-6-24/h3-4,15-17,24-27H,2,5-14,18-20H2,1H3,(H,37,43)(H,38,44)/t25-/m0/s1. The summed E-state index contributed by atoms with van der Waals surface area (Å²) in [6.45, 7) is 7.72. The van der Waals surface area contributed by atoms with Crippen molar-refractivity contribution in [2.24, 2.45) is 0 Å². The number of nitrogens with one attached hydrogen (secondary N) is 2. The van der Waals surface area contributed by atoms with Gasteiger partial charge in [0.1, 0.15) is 11.6 Å². The van der Waals surface area contributed by atoms with Crippen molar-refractivity contribution in [2.45, 2.75) is 89.1 Å². The maximum atomic E-state index is 14.4. The van der Waals surface area contributed by atoms with Gasteiger partial charge in [0.05, 0.1) is 5.02 Å². The number of aromatic nitrogens is 1. The van der Waals surface area contributed by atoms with Crippen LogP contribution in [0.4, 0.5) is 19.8 Å². The zero-order valence-electron chi connectivity index (χ0n) is 25.3. The lowest BCUT2D eigenvalue weighted by Gasteiger charge is -2.47. The average molecular weight is 691 g/mol. The van der Waals surface area contributed by atoms with Gasteiger partial charge in [-0.25, -0.2) is 23.9 Å². The molecule has 0 radical (unpaired) electrons. The molecule has 0 spiro atoms. The van der Waals surface area contributed by atoms with Gasteiger partial charge in [-0.1, -0.05) is 40.5 Å². The first kappa shape index (κ1) is 31.5. The number of nitrogens with zero attached hydrogens (tertiary/aromatic N) is 5. The molecular formula is C32H42BrClFN7O2. The summed E-state index contributed by atoms with van der Waals surface area (Å²) in [6, 6.07) is 7.62. The summed E-state index contributed by atoms with van der Waals surface area (Å²) in [5, 5.41) is 6.37. The average Bonchev–Trinajstić information content (AvgIpc) is 3.95. The second-order valence-corrected chi connectivity index (χ2v) is 13.9. The number of imide groups is 1. The van der Waals surface area contributed by atoms with E-state index in [1.807, 2.05) is 18.2 Å². The molecule has 2 aromatic rings. The quantitative estimate of drug-likeness (QED) is 0.349. The molecule has 2 aliphatic carbocycles. The SMILES string of the molecule is CC[C@H]1CN(c2ncc(CNC(=O)N(C(=O)NC3CC3)C3CC3)cc2Cl)CCN1C1CCN(Cc2ccc(Br)cc2F)CC1. The zero-order chi connectivity index (χ0) is 30.8.